The second kappa shape index (κ2) is 5.52. The highest BCUT2D eigenvalue weighted by molar-refractivity contribution is 6.71. The van der Waals surface area contributed by atoms with E-state index < -0.39 is 0 Å². The van der Waals surface area contributed by atoms with Gasteiger partial charge in [0.2, 0.25) is 0 Å². The predicted molar refractivity (Wildman–Crippen MR) is 65.2 cm³/mol. The first-order chi connectivity index (χ1) is 7.55. The Kier molecular flexibility index (Phi) is 4.58. The van der Waals surface area contributed by atoms with Crippen molar-refractivity contribution >= 4 is 6.71 Å². The van der Waals surface area contributed by atoms with E-state index in [0.717, 1.165) is 12.8 Å². The zero-order chi connectivity index (χ0) is 12.2. The van der Waals surface area contributed by atoms with Gasteiger partial charge in [-0.25, -0.2) is 5.26 Å². The fraction of sp³-hybridized carbons (Fsp3) is 0.750. The van der Waals surface area contributed by atoms with E-state index in [-0.39, 0.29) is 30.6 Å². The topological polar surface area (TPSA) is 53.2 Å². The molecule has 0 saturated carbocycles. The Morgan fingerprint density at radius 3 is 2.94 bits per heavy atom. The number of rotatable bonds is 5. The molecule has 2 atom stereocenters. The van der Waals surface area contributed by atoms with Crippen LogP contribution in [0.4, 0.5) is 0 Å². The van der Waals surface area contributed by atoms with Gasteiger partial charge in [-0.1, -0.05) is 6.08 Å². The van der Waals surface area contributed by atoms with Crippen LogP contribution in [0, 0.1) is 17.1 Å². The van der Waals surface area contributed by atoms with Gasteiger partial charge >= 0.3 is 6.71 Å². The van der Waals surface area contributed by atoms with Crippen LogP contribution in [0.3, 0.4) is 0 Å². The van der Waals surface area contributed by atoms with E-state index in [4.69, 9.17) is 4.74 Å². The number of allylic oxidation sites excluding steroid dienone is 1. The average molecular weight is 221 g/mol. The molecule has 1 rings (SSSR count). The van der Waals surface area contributed by atoms with Crippen LogP contribution in [0.25, 0.3) is 0 Å². The van der Waals surface area contributed by atoms with Gasteiger partial charge in [0.15, 0.2) is 0 Å². The Bertz CT molecular complexity index is 285. The van der Waals surface area contributed by atoms with E-state index in [2.05, 4.69) is 12.5 Å². The van der Waals surface area contributed by atoms with Crippen molar-refractivity contribution in [3.05, 3.63) is 12.7 Å². The Morgan fingerprint density at radius 2 is 2.44 bits per heavy atom. The van der Waals surface area contributed by atoms with Gasteiger partial charge in [0.25, 0.3) is 0 Å². The molecular weight excluding hydrogens is 201 g/mol. The maximum absolute atomic E-state index is 9.24. The zero-order valence-corrected chi connectivity index (χ0v) is 10.1. The maximum Gasteiger partial charge on any atom is 0.307 e. The number of hydrogen-bond acceptors (Lipinski definition) is 3. The maximum atomic E-state index is 9.24. The van der Waals surface area contributed by atoms with Gasteiger partial charge in [-0.15, -0.1) is 6.58 Å². The van der Waals surface area contributed by atoms with Crippen LogP contribution < -0.4 is 0 Å². The highest BCUT2D eigenvalue weighted by Gasteiger charge is 2.47. The largest absolute Gasteiger partial charge is 0.396 e. The summed E-state index contributed by atoms with van der Waals surface area (Å²) in [4.78, 5) is 0. The SMILES string of the molecule is C=CCC(CO)CC1COC(C)(C)B1C#N. The molecule has 4 heteroatoms. The van der Waals surface area contributed by atoms with Gasteiger partial charge in [-0.3, -0.25) is 0 Å². The number of nitriles is 1. The molecule has 0 aromatic heterocycles. The molecule has 3 nitrogen and oxygen atoms in total. The standard InChI is InChI=1S/C12H20BNO2/c1-4-5-10(7-15)6-11-8-16-12(2,3)13(11)9-14/h4,10-11,15H,1,5-8H2,2-3H3. The molecule has 0 aromatic rings. The summed E-state index contributed by atoms with van der Waals surface area (Å²) in [5.74, 6) is 2.78. The molecule has 0 amide bonds. The lowest BCUT2D eigenvalue weighted by atomic mass is 9.34. The molecule has 16 heavy (non-hydrogen) atoms. The molecule has 88 valence electrons. The molecular formula is C12H20BNO2. The van der Waals surface area contributed by atoms with Crippen LogP contribution >= 0.6 is 0 Å². The Morgan fingerprint density at radius 1 is 1.75 bits per heavy atom. The third kappa shape index (κ3) is 2.87. The van der Waals surface area contributed by atoms with Gasteiger partial charge < -0.3 is 9.84 Å². The fourth-order valence-corrected chi connectivity index (χ4v) is 2.45. The molecule has 1 fully saturated rings. The molecule has 0 radical (unpaired) electrons. The van der Waals surface area contributed by atoms with Crippen molar-refractivity contribution in [3.63, 3.8) is 0 Å². The quantitative estimate of drug-likeness (QED) is 0.569. The average Bonchev–Trinajstić information content (AvgIpc) is 2.52. The normalized spacial score (nSPS) is 25.1. The van der Waals surface area contributed by atoms with Crippen molar-refractivity contribution in [2.24, 2.45) is 5.92 Å². The Balaban J connectivity index is 2.61. The Hall–Kier alpha value is -0.785. The number of ether oxygens (including phenoxy) is 1. The van der Waals surface area contributed by atoms with Crippen molar-refractivity contribution < 1.29 is 9.84 Å². The predicted octanol–water partition coefficient (Wildman–Crippen LogP) is 1.84. The third-order valence-corrected chi connectivity index (χ3v) is 3.42. The molecule has 1 heterocycles. The number of aliphatic hydroxyl groups excluding tert-OH is 1. The number of nitrogens with zero attached hydrogens (tertiary/aromatic N) is 1. The third-order valence-electron chi connectivity index (χ3n) is 3.42. The monoisotopic (exact) mass is 221 g/mol. The van der Waals surface area contributed by atoms with E-state index in [9.17, 15) is 10.4 Å². The van der Waals surface area contributed by atoms with E-state index >= 15 is 0 Å². The molecule has 0 aromatic carbocycles. The van der Waals surface area contributed by atoms with E-state index in [1.807, 2.05) is 19.9 Å². The fourth-order valence-electron chi connectivity index (χ4n) is 2.45. The summed E-state index contributed by atoms with van der Waals surface area (Å²) in [6.45, 7) is 8.31. The summed E-state index contributed by atoms with van der Waals surface area (Å²) < 4.78 is 5.65. The summed E-state index contributed by atoms with van der Waals surface area (Å²) in [6.07, 6.45) is 3.46. The Labute approximate surface area is 98.2 Å². The molecule has 1 aliphatic rings. The summed E-state index contributed by atoms with van der Waals surface area (Å²) in [5, 5.41) is 18.4. The smallest absolute Gasteiger partial charge is 0.307 e. The van der Waals surface area contributed by atoms with Gasteiger partial charge in [-0.05, 0) is 38.4 Å². The van der Waals surface area contributed by atoms with E-state index in [1.165, 1.54) is 0 Å². The van der Waals surface area contributed by atoms with Gasteiger partial charge in [0.1, 0.15) is 0 Å². The second-order valence-electron chi connectivity index (χ2n) is 5.09. The lowest BCUT2D eigenvalue weighted by Gasteiger charge is -2.21. The summed E-state index contributed by atoms with van der Waals surface area (Å²) in [6, 6.07) is 0. The highest BCUT2D eigenvalue weighted by atomic mass is 16.5. The molecule has 2 unspecified atom stereocenters. The van der Waals surface area contributed by atoms with Crippen LogP contribution in [0.2, 0.25) is 5.82 Å². The molecule has 0 spiro atoms. The number of hydrogen-bond donors (Lipinski definition) is 1. The first-order valence-corrected chi connectivity index (χ1v) is 5.80. The number of aliphatic hydroxyl groups is 1. The summed E-state index contributed by atoms with van der Waals surface area (Å²) in [7, 11) is 0. The zero-order valence-electron chi connectivity index (χ0n) is 10.1. The molecule has 0 bridgehead atoms. The van der Waals surface area contributed by atoms with Crippen LogP contribution in [-0.2, 0) is 4.74 Å². The van der Waals surface area contributed by atoms with Crippen LogP contribution in [0.1, 0.15) is 26.7 Å². The minimum absolute atomic E-state index is 0.0774. The minimum Gasteiger partial charge on any atom is -0.396 e. The van der Waals surface area contributed by atoms with Crippen molar-refractivity contribution in [3.8, 4) is 5.97 Å². The van der Waals surface area contributed by atoms with Crippen molar-refractivity contribution in [1.82, 2.24) is 0 Å². The molecule has 1 saturated heterocycles. The highest BCUT2D eigenvalue weighted by Crippen LogP contribution is 2.36. The summed E-state index contributed by atoms with van der Waals surface area (Å²) >= 11 is 0. The van der Waals surface area contributed by atoms with E-state index in [0.29, 0.717) is 6.61 Å². The van der Waals surface area contributed by atoms with Crippen LogP contribution in [-0.4, -0.2) is 30.5 Å². The molecule has 0 aliphatic carbocycles. The first kappa shape index (κ1) is 13.3. The van der Waals surface area contributed by atoms with Crippen LogP contribution in [0.15, 0.2) is 12.7 Å². The van der Waals surface area contributed by atoms with Crippen molar-refractivity contribution in [1.29, 1.82) is 5.26 Å². The van der Waals surface area contributed by atoms with Gasteiger partial charge in [0, 0.05) is 19.2 Å². The van der Waals surface area contributed by atoms with Crippen LogP contribution in [0.5, 0.6) is 0 Å². The van der Waals surface area contributed by atoms with Crippen molar-refractivity contribution in [2.45, 2.75) is 38.0 Å². The lowest BCUT2D eigenvalue weighted by molar-refractivity contribution is 0.0648. The van der Waals surface area contributed by atoms with Crippen molar-refractivity contribution in [2.75, 3.05) is 13.2 Å². The van der Waals surface area contributed by atoms with Gasteiger partial charge in [-0.2, -0.15) is 0 Å². The lowest BCUT2D eigenvalue weighted by Crippen LogP contribution is -2.38. The summed E-state index contributed by atoms with van der Waals surface area (Å²) in [5.41, 5.74) is -0.354. The second-order valence-corrected chi connectivity index (χ2v) is 5.09. The molecule has 1 N–H and O–H groups in total. The first-order valence-electron chi connectivity index (χ1n) is 5.80. The molecule has 1 aliphatic heterocycles. The minimum atomic E-state index is -0.354. The van der Waals surface area contributed by atoms with E-state index in [1.54, 1.807) is 0 Å². The van der Waals surface area contributed by atoms with Gasteiger partial charge in [0.05, 0.1) is 5.50 Å².